The lowest BCUT2D eigenvalue weighted by Gasteiger charge is -2.38. The molecular weight excluding hydrogens is 314 g/mol. The Morgan fingerprint density at radius 2 is 2.30 bits per heavy atom. The molecule has 2 heterocycles. The first-order valence-corrected chi connectivity index (χ1v) is 8.19. The second-order valence-corrected chi connectivity index (χ2v) is 6.29. The van der Waals surface area contributed by atoms with Gasteiger partial charge in [0, 0.05) is 37.8 Å². The summed E-state index contributed by atoms with van der Waals surface area (Å²) in [5.74, 6) is 0. The molecule has 2 aromatic rings. The Bertz CT molecular complexity index is 633. The molecular formula is C16H22ClN5O. The van der Waals surface area contributed by atoms with Crippen LogP contribution in [0.5, 0.6) is 0 Å². The van der Waals surface area contributed by atoms with Gasteiger partial charge < -0.3 is 10.5 Å². The highest BCUT2D eigenvalue weighted by molar-refractivity contribution is 6.30. The van der Waals surface area contributed by atoms with E-state index in [1.807, 2.05) is 12.1 Å². The van der Waals surface area contributed by atoms with Crippen LogP contribution in [-0.4, -0.2) is 52.0 Å². The molecule has 1 aliphatic heterocycles. The van der Waals surface area contributed by atoms with E-state index in [4.69, 9.17) is 22.1 Å². The van der Waals surface area contributed by atoms with Crippen molar-refractivity contribution in [1.29, 1.82) is 0 Å². The highest BCUT2D eigenvalue weighted by atomic mass is 35.5. The van der Waals surface area contributed by atoms with Crippen molar-refractivity contribution in [2.75, 3.05) is 20.2 Å². The van der Waals surface area contributed by atoms with Crippen LogP contribution >= 0.6 is 11.6 Å². The van der Waals surface area contributed by atoms with E-state index < -0.39 is 0 Å². The van der Waals surface area contributed by atoms with Gasteiger partial charge in [-0.15, -0.1) is 0 Å². The number of piperidine rings is 1. The number of likely N-dealkylation sites (tertiary alicyclic amines) is 1. The SMILES string of the molecule is COC1CCN(Cc2ccc(Cl)cc2-n2cncn2)C(CN)C1. The monoisotopic (exact) mass is 335 g/mol. The molecule has 3 rings (SSSR count). The third-order valence-corrected chi connectivity index (χ3v) is 4.72. The van der Waals surface area contributed by atoms with Crippen LogP contribution in [0.25, 0.3) is 5.69 Å². The summed E-state index contributed by atoms with van der Waals surface area (Å²) in [4.78, 5) is 6.44. The van der Waals surface area contributed by atoms with E-state index in [0.717, 1.165) is 37.2 Å². The Labute approximate surface area is 141 Å². The number of hydrogen-bond donors (Lipinski definition) is 1. The van der Waals surface area contributed by atoms with E-state index >= 15 is 0 Å². The quantitative estimate of drug-likeness (QED) is 0.903. The summed E-state index contributed by atoms with van der Waals surface area (Å²) in [6.07, 6.45) is 5.52. The van der Waals surface area contributed by atoms with Gasteiger partial charge in [-0.1, -0.05) is 17.7 Å². The molecule has 0 aliphatic carbocycles. The predicted octanol–water partition coefficient (Wildman–Crippen LogP) is 1.86. The van der Waals surface area contributed by atoms with Crippen molar-refractivity contribution < 1.29 is 4.74 Å². The molecule has 0 saturated carbocycles. The minimum absolute atomic E-state index is 0.305. The zero-order valence-electron chi connectivity index (χ0n) is 13.2. The third kappa shape index (κ3) is 3.72. The van der Waals surface area contributed by atoms with Gasteiger partial charge in [0.1, 0.15) is 12.7 Å². The zero-order valence-corrected chi connectivity index (χ0v) is 14.0. The molecule has 0 spiro atoms. The number of aromatic nitrogens is 3. The number of rotatable bonds is 5. The molecule has 2 N–H and O–H groups in total. The van der Waals surface area contributed by atoms with Crippen LogP contribution in [0.2, 0.25) is 5.02 Å². The van der Waals surface area contributed by atoms with E-state index in [0.29, 0.717) is 23.7 Å². The average molecular weight is 336 g/mol. The average Bonchev–Trinajstić information content (AvgIpc) is 3.11. The van der Waals surface area contributed by atoms with Crippen LogP contribution in [0.4, 0.5) is 0 Å². The highest BCUT2D eigenvalue weighted by Gasteiger charge is 2.28. The maximum Gasteiger partial charge on any atom is 0.138 e. The van der Waals surface area contributed by atoms with Crippen molar-refractivity contribution in [2.24, 2.45) is 5.73 Å². The first-order chi connectivity index (χ1) is 11.2. The maximum atomic E-state index is 6.16. The largest absolute Gasteiger partial charge is 0.381 e. The molecule has 2 unspecified atom stereocenters. The third-order valence-electron chi connectivity index (χ3n) is 4.48. The van der Waals surface area contributed by atoms with Crippen LogP contribution in [0, 0.1) is 0 Å². The van der Waals surface area contributed by atoms with Crippen molar-refractivity contribution in [1.82, 2.24) is 19.7 Å². The molecule has 0 amide bonds. The van der Waals surface area contributed by atoms with Gasteiger partial charge in [-0.05, 0) is 30.5 Å². The molecule has 1 aromatic carbocycles. The summed E-state index contributed by atoms with van der Waals surface area (Å²) in [6.45, 7) is 2.41. The van der Waals surface area contributed by atoms with Gasteiger partial charge in [-0.2, -0.15) is 5.10 Å². The lowest BCUT2D eigenvalue weighted by atomic mass is 9.98. The van der Waals surface area contributed by atoms with E-state index in [1.54, 1.807) is 18.1 Å². The Morgan fingerprint density at radius 1 is 1.43 bits per heavy atom. The van der Waals surface area contributed by atoms with Crippen molar-refractivity contribution >= 4 is 11.6 Å². The number of methoxy groups -OCH3 is 1. The van der Waals surface area contributed by atoms with Crippen molar-refractivity contribution in [3.63, 3.8) is 0 Å². The number of halogens is 1. The van der Waals surface area contributed by atoms with Crippen LogP contribution in [0.1, 0.15) is 18.4 Å². The number of nitrogens with two attached hydrogens (primary N) is 1. The standard InChI is InChI=1S/C16H22ClN5O/c1-23-15-4-5-21(14(7-15)8-18)9-12-2-3-13(17)6-16(12)22-11-19-10-20-22/h2-3,6,10-11,14-15H,4-5,7-9,18H2,1H3. The lowest BCUT2D eigenvalue weighted by molar-refractivity contribution is 0.0102. The molecule has 0 bridgehead atoms. The molecule has 7 heteroatoms. The first kappa shape index (κ1) is 16.4. The normalized spacial score (nSPS) is 22.4. The van der Waals surface area contributed by atoms with Gasteiger partial charge in [0.15, 0.2) is 0 Å². The van der Waals surface area contributed by atoms with E-state index in [9.17, 15) is 0 Å². The smallest absolute Gasteiger partial charge is 0.138 e. The van der Waals surface area contributed by atoms with Crippen LogP contribution < -0.4 is 5.73 Å². The maximum absolute atomic E-state index is 6.16. The molecule has 1 saturated heterocycles. The Balaban J connectivity index is 1.82. The Morgan fingerprint density at radius 3 is 3.00 bits per heavy atom. The van der Waals surface area contributed by atoms with Crippen molar-refractivity contribution in [2.45, 2.75) is 31.5 Å². The minimum atomic E-state index is 0.305. The van der Waals surface area contributed by atoms with Gasteiger partial charge >= 0.3 is 0 Å². The zero-order chi connectivity index (χ0) is 16.2. The Kier molecular flexibility index (Phi) is 5.27. The van der Waals surface area contributed by atoms with Gasteiger partial charge in [-0.25, -0.2) is 9.67 Å². The molecule has 0 radical (unpaired) electrons. The molecule has 2 atom stereocenters. The summed E-state index contributed by atoms with van der Waals surface area (Å²) < 4.78 is 7.25. The lowest BCUT2D eigenvalue weighted by Crippen LogP contribution is -2.48. The minimum Gasteiger partial charge on any atom is -0.381 e. The van der Waals surface area contributed by atoms with Gasteiger partial charge in [-0.3, -0.25) is 4.90 Å². The molecule has 124 valence electrons. The van der Waals surface area contributed by atoms with E-state index in [1.165, 1.54) is 6.33 Å². The first-order valence-electron chi connectivity index (χ1n) is 7.81. The molecule has 23 heavy (non-hydrogen) atoms. The summed E-state index contributed by atoms with van der Waals surface area (Å²) in [6, 6.07) is 6.21. The molecule has 6 nitrogen and oxygen atoms in total. The number of hydrogen-bond acceptors (Lipinski definition) is 5. The number of ether oxygens (including phenoxy) is 1. The Hall–Kier alpha value is -1.47. The van der Waals surface area contributed by atoms with Crippen molar-refractivity contribution in [3.05, 3.63) is 41.4 Å². The molecule has 1 aliphatic rings. The predicted molar refractivity (Wildman–Crippen MR) is 89.7 cm³/mol. The fourth-order valence-corrected chi connectivity index (χ4v) is 3.33. The fraction of sp³-hybridized carbons (Fsp3) is 0.500. The fourth-order valence-electron chi connectivity index (χ4n) is 3.17. The van der Waals surface area contributed by atoms with Gasteiger partial charge in [0.05, 0.1) is 11.8 Å². The second-order valence-electron chi connectivity index (χ2n) is 5.86. The molecule has 1 fully saturated rings. The van der Waals surface area contributed by atoms with E-state index in [2.05, 4.69) is 21.0 Å². The van der Waals surface area contributed by atoms with Crippen LogP contribution in [-0.2, 0) is 11.3 Å². The number of nitrogens with zero attached hydrogens (tertiary/aromatic N) is 4. The van der Waals surface area contributed by atoms with E-state index in [-0.39, 0.29) is 0 Å². The topological polar surface area (TPSA) is 69.2 Å². The van der Waals surface area contributed by atoms with Crippen molar-refractivity contribution in [3.8, 4) is 5.69 Å². The van der Waals surface area contributed by atoms with Crippen LogP contribution in [0.15, 0.2) is 30.9 Å². The summed E-state index contributed by atoms with van der Waals surface area (Å²) >= 11 is 6.16. The summed E-state index contributed by atoms with van der Waals surface area (Å²) in [5, 5.41) is 4.92. The second kappa shape index (κ2) is 7.40. The van der Waals surface area contributed by atoms with Gasteiger partial charge in [0.2, 0.25) is 0 Å². The highest BCUT2D eigenvalue weighted by Crippen LogP contribution is 2.25. The number of benzene rings is 1. The van der Waals surface area contributed by atoms with Gasteiger partial charge in [0.25, 0.3) is 0 Å². The summed E-state index contributed by atoms with van der Waals surface area (Å²) in [7, 11) is 1.77. The van der Waals surface area contributed by atoms with Crippen LogP contribution in [0.3, 0.4) is 0 Å². The summed E-state index contributed by atoms with van der Waals surface area (Å²) in [5.41, 5.74) is 8.09. The molecule has 1 aromatic heterocycles.